The highest BCUT2D eigenvalue weighted by Gasteiger charge is 2.15. The Kier molecular flexibility index (Phi) is 7.43. The van der Waals surface area contributed by atoms with Crippen molar-refractivity contribution < 1.29 is 0 Å². The van der Waals surface area contributed by atoms with Crippen LogP contribution in [-0.2, 0) is 0 Å². The van der Waals surface area contributed by atoms with Gasteiger partial charge in [0.15, 0.2) is 17.5 Å². The zero-order chi connectivity index (χ0) is 35.1. The van der Waals surface area contributed by atoms with Crippen LogP contribution in [0.25, 0.3) is 94.7 Å². The first-order chi connectivity index (χ1) is 26.2. The summed E-state index contributed by atoms with van der Waals surface area (Å²) in [5.74, 6) is 1.96. The van der Waals surface area contributed by atoms with Gasteiger partial charge in [-0.2, -0.15) is 0 Å². The van der Waals surface area contributed by atoms with Gasteiger partial charge in [0.25, 0.3) is 0 Å². The van der Waals surface area contributed by atoms with Gasteiger partial charge in [0.2, 0.25) is 0 Å². The molecule has 0 aliphatic rings. The summed E-state index contributed by atoms with van der Waals surface area (Å²) in [5, 5.41) is 5.04. The Hall–Kier alpha value is -7.17. The third-order valence-corrected chi connectivity index (χ3v) is 10.0. The fourth-order valence-corrected chi connectivity index (χ4v) is 7.37. The molecule has 248 valence electrons. The van der Waals surface area contributed by atoms with Gasteiger partial charge in [-0.1, -0.05) is 158 Å². The third-order valence-electron chi connectivity index (χ3n) is 10.0. The number of nitrogens with zero attached hydrogens (tertiary/aromatic N) is 4. The number of aromatic nitrogens is 4. The molecule has 0 radical (unpaired) electrons. The van der Waals surface area contributed by atoms with Crippen LogP contribution in [0, 0.1) is 0 Å². The van der Waals surface area contributed by atoms with E-state index in [1.54, 1.807) is 0 Å². The van der Waals surface area contributed by atoms with Crippen molar-refractivity contribution in [3.63, 3.8) is 0 Å². The molecule has 0 bridgehead atoms. The number of rotatable bonds is 6. The summed E-state index contributed by atoms with van der Waals surface area (Å²) in [6, 6.07) is 68.2. The second-order valence-corrected chi connectivity index (χ2v) is 13.3. The minimum atomic E-state index is 0.646. The molecule has 0 saturated heterocycles. The Balaban J connectivity index is 0.971. The second kappa shape index (κ2) is 12.9. The number of benzene rings is 8. The van der Waals surface area contributed by atoms with Crippen molar-refractivity contribution in [1.82, 2.24) is 19.5 Å². The molecule has 0 aliphatic heterocycles. The fourth-order valence-electron chi connectivity index (χ4n) is 7.37. The van der Waals surface area contributed by atoms with Gasteiger partial charge < -0.3 is 4.57 Å². The molecule has 0 aliphatic carbocycles. The summed E-state index contributed by atoms with van der Waals surface area (Å²) in [5.41, 5.74) is 11.0. The Labute approximate surface area is 307 Å². The normalized spacial score (nSPS) is 11.4. The molecule has 0 saturated carbocycles. The first kappa shape index (κ1) is 30.6. The summed E-state index contributed by atoms with van der Waals surface area (Å²) >= 11 is 0. The van der Waals surface area contributed by atoms with E-state index in [0.717, 1.165) is 33.5 Å². The van der Waals surface area contributed by atoms with Gasteiger partial charge in [0.05, 0.1) is 11.0 Å². The van der Waals surface area contributed by atoms with Gasteiger partial charge in [-0.15, -0.1) is 0 Å². The molecule has 2 heterocycles. The van der Waals surface area contributed by atoms with Crippen molar-refractivity contribution in [2.45, 2.75) is 0 Å². The van der Waals surface area contributed by atoms with E-state index in [1.165, 1.54) is 43.7 Å². The quantitative estimate of drug-likeness (QED) is 0.176. The Morgan fingerprint density at radius 2 is 0.755 bits per heavy atom. The molecule has 8 aromatic carbocycles. The zero-order valence-electron chi connectivity index (χ0n) is 28.8. The summed E-state index contributed by atoms with van der Waals surface area (Å²) < 4.78 is 2.38. The van der Waals surface area contributed by atoms with E-state index >= 15 is 0 Å². The highest BCUT2D eigenvalue weighted by molar-refractivity contribution is 6.13. The predicted molar refractivity (Wildman–Crippen MR) is 219 cm³/mol. The molecular formula is C49H32N4. The van der Waals surface area contributed by atoms with Crippen LogP contribution in [0.1, 0.15) is 0 Å². The lowest BCUT2D eigenvalue weighted by molar-refractivity contribution is 1.07. The first-order valence-corrected chi connectivity index (χ1v) is 17.9. The smallest absolute Gasteiger partial charge is 0.164 e. The van der Waals surface area contributed by atoms with E-state index in [-0.39, 0.29) is 0 Å². The van der Waals surface area contributed by atoms with E-state index in [0.29, 0.717) is 17.5 Å². The Morgan fingerprint density at radius 3 is 1.40 bits per heavy atom. The van der Waals surface area contributed by atoms with E-state index in [1.807, 2.05) is 60.7 Å². The van der Waals surface area contributed by atoms with Gasteiger partial charge in [-0.25, -0.2) is 15.0 Å². The molecule has 0 N–H and O–H groups in total. The third kappa shape index (κ3) is 5.63. The minimum Gasteiger partial charge on any atom is -0.309 e. The summed E-state index contributed by atoms with van der Waals surface area (Å²) in [7, 11) is 0. The number of fused-ring (bicyclic) bond motifs is 4. The Morgan fingerprint density at radius 1 is 0.283 bits per heavy atom. The molecule has 0 spiro atoms. The monoisotopic (exact) mass is 676 g/mol. The van der Waals surface area contributed by atoms with Gasteiger partial charge in [0.1, 0.15) is 0 Å². The maximum absolute atomic E-state index is 4.94. The van der Waals surface area contributed by atoms with Crippen LogP contribution in [0.3, 0.4) is 0 Å². The number of para-hydroxylation sites is 1. The lowest BCUT2D eigenvalue weighted by atomic mass is 9.99. The molecule has 0 fully saturated rings. The molecule has 0 amide bonds. The summed E-state index contributed by atoms with van der Waals surface area (Å²) in [4.78, 5) is 14.7. The van der Waals surface area contributed by atoms with Crippen molar-refractivity contribution in [1.29, 1.82) is 0 Å². The van der Waals surface area contributed by atoms with Gasteiger partial charge in [-0.05, 0) is 69.4 Å². The van der Waals surface area contributed by atoms with Crippen LogP contribution in [0.4, 0.5) is 0 Å². The fraction of sp³-hybridized carbons (Fsp3) is 0. The summed E-state index contributed by atoms with van der Waals surface area (Å²) in [6.45, 7) is 0. The molecule has 2 aromatic heterocycles. The SMILES string of the molecule is c1ccc(-c2nc(-c3ccccc3)nc(-c3cccc(-c4ccc(-c5ccc(-n6c7ccccc7c7cc8ccccc8cc76)cc5)cc4)c3)n2)cc1. The standard InChI is InChI=1S/C49H32N4/c1-3-12-36(13-4-1)47-50-48(37-14-5-2-6-15-37)52-49(51-47)41-19-11-18-38(30-41)35-24-22-33(23-25-35)34-26-28-42(29-27-34)53-45-21-10-9-20-43(45)44-31-39-16-7-8-17-40(39)32-46(44)53/h1-32H. The molecule has 0 atom stereocenters. The topological polar surface area (TPSA) is 43.6 Å². The van der Waals surface area contributed by atoms with E-state index < -0.39 is 0 Å². The van der Waals surface area contributed by atoms with Gasteiger partial charge in [-0.3, -0.25) is 0 Å². The predicted octanol–water partition coefficient (Wildman–Crippen LogP) is 12.5. The molecule has 0 unspecified atom stereocenters. The van der Waals surface area contributed by atoms with Crippen LogP contribution in [0.2, 0.25) is 0 Å². The van der Waals surface area contributed by atoms with E-state index in [9.17, 15) is 0 Å². The van der Waals surface area contributed by atoms with E-state index in [2.05, 4.69) is 138 Å². The van der Waals surface area contributed by atoms with Crippen LogP contribution in [0.15, 0.2) is 194 Å². The van der Waals surface area contributed by atoms with E-state index in [4.69, 9.17) is 15.0 Å². The minimum absolute atomic E-state index is 0.646. The molecule has 4 heteroatoms. The number of hydrogen-bond acceptors (Lipinski definition) is 3. The maximum Gasteiger partial charge on any atom is 0.164 e. The van der Waals surface area contributed by atoms with Gasteiger partial charge >= 0.3 is 0 Å². The highest BCUT2D eigenvalue weighted by atomic mass is 15.0. The molecule has 53 heavy (non-hydrogen) atoms. The van der Waals surface area contributed by atoms with Crippen molar-refractivity contribution >= 4 is 32.6 Å². The summed E-state index contributed by atoms with van der Waals surface area (Å²) in [6.07, 6.45) is 0. The average molecular weight is 677 g/mol. The largest absolute Gasteiger partial charge is 0.309 e. The van der Waals surface area contributed by atoms with Crippen LogP contribution < -0.4 is 0 Å². The molecule has 10 rings (SSSR count). The van der Waals surface area contributed by atoms with Crippen molar-refractivity contribution in [3.8, 4) is 62.1 Å². The first-order valence-electron chi connectivity index (χ1n) is 17.9. The van der Waals surface area contributed by atoms with Crippen LogP contribution in [0.5, 0.6) is 0 Å². The van der Waals surface area contributed by atoms with Crippen molar-refractivity contribution in [3.05, 3.63) is 194 Å². The lowest BCUT2D eigenvalue weighted by Crippen LogP contribution is -2.00. The van der Waals surface area contributed by atoms with Gasteiger partial charge in [0, 0.05) is 33.2 Å². The molecule has 10 aromatic rings. The molecular weight excluding hydrogens is 645 g/mol. The van der Waals surface area contributed by atoms with Crippen molar-refractivity contribution in [2.75, 3.05) is 0 Å². The van der Waals surface area contributed by atoms with Crippen molar-refractivity contribution in [2.24, 2.45) is 0 Å². The zero-order valence-corrected chi connectivity index (χ0v) is 28.8. The van der Waals surface area contributed by atoms with Crippen LogP contribution in [-0.4, -0.2) is 19.5 Å². The van der Waals surface area contributed by atoms with Crippen LogP contribution >= 0.6 is 0 Å². The lowest BCUT2D eigenvalue weighted by Gasteiger charge is -2.11. The average Bonchev–Trinajstić information content (AvgIpc) is 3.56. The number of hydrogen-bond donors (Lipinski definition) is 0. The highest BCUT2D eigenvalue weighted by Crippen LogP contribution is 2.36. The maximum atomic E-state index is 4.94. The second-order valence-electron chi connectivity index (χ2n) is 13.3. The Bertz CT molecular complexity index is 2850. The molecule has 4 nitrogen and oxygen atoms in total.